The third-order valence-corrected chi connectivity index (χ3v) is 1.98. The zero-order chi connectivity index (χ0) is 12.3. The van der Waals surface area contributed by atoms with Crippen molar-refractivity contribution >= 4 is 17.6 Å². The lowest BCUT2D eigenvalue weighted by Crippen LogP contribution is -2.38. The topological polar surface area (TPSA) is 92.4 Å². The Morgan fingerprint density at radius 2 is 2.12 bits per heavy atom. The van der Waals surface area contributed by atoms with E-state index in [1.54, 1.807) is 0 Å². The Balaban J connectivity index is 2.81. The lowest BCUT2D eigenvalue weighted by atomic mass is 10.1. The van der Waals surface area contributed by atoms with Crippen molar-refractivity contribution in [1.29, 1.82) is 0 Å². The van der Waals surface area contributed by atoms with Gasteiger partial charge in [-0.15, -0.1) is 0 Å². The Kier molecular flexibility index (Phi) is 3.44. The van der Waals surface area contributed by atoms with E-state index in [9.17, 15) is 14.0 Å². The molecule has 0 bridgehead atoms. The molecular weight excluding hydrogens is 215 g/mol. The number of halogens is 1. The fourth-order valence-corrected chi connectivity index (χ4v) is 1.03. The maximum absolute atomic E-state index is 12.8. The summed E-state index contributed by atoms with van der Waals surface area (Å²) >= 11 is 0. The second-order valence-corrected chi connectivity index (χ2v) is 3.27. The van der Waals surface area contributed by atoms with Crippen LogP contribution < -0.4 is 11.1 Å². The summed E-state index contributed by atoms with van der Waals surface area (Å²) in [5, 5.41) is 10.8. The first-order chi connectivity index (χ1) is 7.41. The summed E-state index contributed by atoms with van der Waals surface area (Å²) in [6.45, 7) is 1.33. The monoisotopic (exact) mass is 226 g/mol. The number of anilines is 1. The van der Waals surface area contributed by atoms with Crippen LogP contribution in [0.1, 0.15) is 17.3 Å². The standard InChI is InChI=1S/C10H11FN2O3/c1-5(10(15)16)13-9(14)6-2-3-7(11)8(12)4-6/h2-5H,12H2,1H3,(H,13,14)(H,15,16). The van der Waals surface area contributed by atoms with E-state index in [-0.39, 0.29) is 11.3 Å². The number of aliphatic carboxylic acids is 1. The van der Waals surface area contributed by atoms with Gasteiger partial charge in [-0.05, 0) is 25.1 Å². The van der Waals surface area contributed by atoms with Crippen molar-refractivity contribution in [3.8, 4) is 0 Å². The highest BCUT2D eigenvalue weighted by atomic mass is 19.1. The molecule has 1 atom stereocenters. The van der Waals surface area contributed by atoms with Crippen LogP contribution in [-0.2, 0) is 4.79 Å². The first-order valence-electron chi connectivity index (χ1n) is 4.50. The molecule has 1 aromatic carbocycles. The molecule has 0 saturated heterocycles. The van der Waals surface area contributed by atoms with Crippen LogP contribution in [-0.4, -0.2) is 23.0 Å². The van der Waals surface area contributed by atoms with Gasteiger partial charge in [0, 0.05) is 5.56 Å². The SMILES string of the molecule is CC(NC(=O)c1ccc(F)c(N)c1)C(=O)O. The molecule has 0 aliphatic heterocycles. The number of carbonyl (C=O) groups is 2. The summed E-state index contributed by atoms with van der Waals surface area (Å²) in [4.78, 5) is 22.0. The number of carboxylic acid groups (broad SMARTS) is 1. The summed E-state index contributed by atoms with van der Waals surface area (Å²) in [5.74, 6) is -2.38. The van der Waals surface area contributed by atoms with Crippen LogP contribution in [0, 0.1) is 5.82 Å². The molecule has 5 nitrogen and oxygen atoms in total. The zero-order valence-electron chi connectivity index (χ0n) is 8.53. The van der Waals surface area contributed by atoms with E-state index in [0.29, 0.717) is 0 Å². The minimum absolute atomic E-state index is 0.118. The van der Waals surface area contributed by atoms with Gasteiger partial charge in [-0.3, -0.25) is 9.59 Å². The van der Waals surface area contributed by atoms with Crippen LogP contribution in [0.25, 0.3) is 0 Å². The summed E-state index contributed by atoms with van der Waals surface area (Å²) < 4.78 is 12.8. The summed E-state index contributed by atoms with van der Waals surface area (Å²) in [5.41, 5.74) is 5.24. The highest BCUT2D eigenvalue weighted by Crippen LogP contribution is 2.12. The minimum Gasteiger partial charge on any atom is -0.480 e. The molecular formula is C10H11FN2O3. The minimum atomic E-state index is -1.15. The van der Waals surface area contributed by atoms with Crippen LogP contribution in [0.5, 0.6) is 0 Å². The number of hydrogen-bond acceptors (Lipinski definition) is 3. The molecule has 0 aliphatic carbocycles. The van der Waals surface area contributed by atoms with E-state index < -0.39 is 23.7 Å². The smallest absolute Gasteiger partial charge is 0.325 e. The van der Waals surface area contributed by atoms with Crippen LogP contribution in [0.4, 0.5) is 10.1 Å². The summed E-state index contributed by atoms with van der Waals surface area (Å²) in [6.07, 6.45) is 0. The molecule has 1 aromatic rings. The van der Waals surface area contributed by atoms with Crippen LogP contribution >= 0.6 is 0 Å². The Bertz CT molecular complexity index is 434. The van der Waals surface area contributed by atoms with Crippen LogP contribution in [0.2, 0.25) is 0 Å². The summed E-state index contributed by atoms with van der Waals surface area (Å²) in [6, 6.07) is 2.42. The van der Waals surface area contributed by atoms with Crippen molar-refractivity contribution in [3.63, 3.8) is 0 Å². The molecule has 0 saturated carbocycles. The number of hydrogen-bond donors (Lipinski definition) is 3. The van der Waals surface area contributed by atoms with Gasteiger partial charge >= 0.3 is 5.97 Å². The Morgan fingerprint density at radius 1 is 1.50 bits per heavy atom. The molecule has 16 heavy (non-hydrogen) atoms. The average molecular weight is 226 g/mol. The molecule has 1 amide bonds. The Hall–Kier alpha value is -2.11. The zero-order valence-corrected chi connectivity index (χ0v) is 8.53. The van der Waals surface area contributed by atoms with Gasteiger partial charge in [-0.2, -0.15) is 0 Å². The molecule has 1 unspecified atom stereocenters. The van der Waals surface area contributed by atoms with Gasteiger partial charge in [-0.25, -0.2) is 4.39 Å². The number of amides is 1. The molecule has 0 radical (unpaired) electrons. The lowest BCUT2D eigenvalue weighted by molar-refractivity contribution is -0.138. The number of benzene rings is 1. The molecule has 0 heterocycles. The highest BCUT2D eigenvalue weighted by Gasteiger charge is 2.15. The number of rotatable bonds is 3. The van der Waals surface area contributed by atoms with Gasteiger partial charge in [0.1, 0.15) is 11.9 Å². The molecule has 1 rings (SSSR count). The van der Waals surface area contributed by atoms with Crippen LogP contribution in [0.15, 0.2) is 18.2 Å². The second-order valence-electron chi connectivity index (χ2n) is 3.27. The van der Waals surface area contributed by atoms with E-state index in [1.165, 1.54) is 13.0 Å². The maximum atomic E-state index is 12.8. The van der Waals surface area contributed by atoms with Crippen molar-refractivity contribution in [2.45, 2.75) is 13.0 Å². The number of nitrogens with two attached hydrogens (primary N) is 1. The first kappa shape index (κ1) is 12.0. The van der Waals surface area contributed by atoms with Crippen molar-refractivity contribution in [2.75, 3.05) is 5.73 Å². The molecule has 0 spiro atoms. The largest absolute Gasteiger partial charge is 0.480 e. The van der Waals surface area contributed by atoms with Crippen molar-refractivity contribution in [3.05, 3.63) is 29.6 Å². The third kappa shape index (κ3) is 2.69. The molecule has 6 heteroatoms. The number of carbonyl (C=O) groups excluding carboxylic acids is 1. The molecule has 4 N–H and O–H groups in total. The molecule has 0 aromatic heterocycles. The van der Waals surface area contributed by atoms with Gasteiger partial charge in [-0.1, -0.05) is 0 Å². The lowest BCUT2D eigenvalue weighted by Gasteiger charge is -2.09. The molecule has 0 fully saturated rings. The number of carboxylic acids is 1. The van der Waals surface area contributed by atoms with Gasteiger partial charge in [0.2, 0.25) is 0 Å². The third-order valence-electron chi connectivity index (χ3n) is 1.98. The van der Waals surface area contributed by atoms with Gasteiger partial charge in [0.05, 0.1) is 5.69 Å². The Morgan fingerprint density at radius 3 is 2.62 bits per heavy atom. The summed E-state index contributed by atoms with van der Waals surface area (Å²) in [7, 11) is 0. The fourth-order valence-electron chi connectivity index (χ4n) is 1.03. The first-order valence-corrected chi connectivity index (χ1v) is 4.50. The van der Waals surface area contributed by atoms with Gasteiger partial charge in [0.15, 0.2) is 0 Å². The van der Waals surface area contributed by atoms with Crippen LogP contribution in [0.3, 0.4) is 0 Å². The molecule has 0 aliphatic rings. The molecule has 86 valence electrons. The van der Waals surface area contributed by atoms with Crippen molar-refractivity contribution in [1.82, 2.24) is 5.32 Å². The maximum Gasteiger partial charge on any atom is 0.325 e. The second kappa shape index (κ2) is 4.61. The number of nitrogen functional groups attached to an aromatic ring is 1. The van der Waals surface area contributed by atoms with Gasteiger partial charge in [0.25, 0.3) is 5.91 Å². The quantitative estimate of drug-likeness (QED) is 0.658. The Labute approximate surface area is 91.1 Å². The van der Waals surface area contributed by atoms with E-state index >= 15 is 0 Å². The average Bonchev–Trinajstić information content (AvgIpc) is 2.21. The van der Waals surface area contributed by atoms with E-state index in [4.69, 9.17) is 10.8 Å². The highest BCUT2D eigenvalue weighted by molar-refractivity contribution is 5.97. The van der Waals surface area contributed by atoms with E-state index in [0.717, 1.165) is 12.1 Å². The van der Waals surface area contributed by atoms with Gasteiger partial charge < -0.3 is 16.2 Å². The predicted octanol–water partition coefficient (Wildman–Crippen LogP) is 0.611. The normalized spacial score (nSPS) is 11.9. The predicted molar refractivity (Wildman–Crippen MR) is 55.4 cm³/mol. The van der Waals surface area contributed by atoms with Crippen molar-refractivity contribution < 1.29 is 19.1 Å². The van der Waals surface area contributed by atoms with E-state index in [2.05, 4.69) is 5.32 Å². The fraction of sp³-hybridized carbons (Fsp3) is 0.200. The number of nitrogens with one attached hydrogen (secondary N) is 1. The van der Waals surface area contributed by atoms with E-state index in [1.807, 2.05) is 0 Å². The van der Waals surface area contributed by atoms with Crippen molar-refractivity contribution in [2.24, 2.45) is 0 Å².